The molecule has 0 radical (unpaired) electrons. The lowest BCUT2D eigenvalue weighted by molar-refractivity contribution is 0.0964. The maximum atomic E-state index is 11.8. The summed E-state index contributed by atoms with van der Waals surface area (Å²) >= 11 is 0. The topological polar surface area (TPSA) is 85.0 Å². The number of nitrogens with two attached hydrogens (primary N) is 1. The van der Waals surface area contributed by atoms with E-state index in [1.165, 1.54) is 0 Å². The first-order valence-corrected chi connectivity index (χ1v) is 6.43. The third-order valence-corrected chi connectivity index (χ3v) is 3.10. The van der Waals surface area contributed by atoms with Crippen molar-refractivity contribution in [2.75, 3.05) is 24.6 Å². The van der Waals surface area contributed by atoms with Crippen LogP contribution in [-0.4, -0.2) is 29.1 Å². The fourth-order valence-electron chi connectivity index (χ4n) is 1.99. The highest BCUT2D eigenvalue weighted by Crippen LogP contribution is 2.19. The summed E-state index contributed by atoms with van der Waals surface area (Å²) in [6, 6.07) is 5.20. The van der Waals surface area contributed by atoms with E-state index in [0.29, 0.717) is 17.8 Å². The molecule has 6 heteroatoms. The van der Waals surface area contributed by atoms with Gasteiger partial charge in [0.2, 0.25) is 0 Å². The smallest absolute Gasteiger partial charge is 0.253 e. The monoisotopic (exact) mass is 273 g/mol. The van der Waals surface area contributed by atoms with Gasteiger partial charge in [0, 0.05) is 50.8 Å². The molecule has 6 nitrogen and oxygen atoms in total. The summed E-state index contributed by atoms with van der Waals surface area (Å²) in [6.07, 6.45) is 4.45. The first kappa shape index (κ1) is 13.9. The number of nitrogens with one attached hydrogen (secondary N) is 2. The molecule has 2 aromatic rings. The van der Waals surface area contributed by atoms with Crippen LogP contribution in [0.2, 0.25) is 0 Å². The quantitative estimate of drug-likeness (QED) is 0.710. The summed E-state index contributed by atoms with van der Waals surface area (Å²) in [5.74, 6) is 0.854. The zero-order chi connectivity index (χ0) is 14.5. The van der Waals surface area contributed by atoms with Gasteiger partial charge in [0.25, 0.3) is 5.91 Å². The number of hydrogen-bond acceptors (Lipinski definition) is 4. The maximum absolute atomic E-state index is 11.8. The second-order valence-corrected chi connectivity index (χ2v) is 4.52. The highest BCUT2D eigenvalue weighted by Gasteiger charge is 2.10. The van der Waals surface area contributed by atoms with E-state index in [4.69, 9.17) is 5.73 Å². The number of imidazole rings is 1. The molecule has 20 heavy (non-hydrogen) atoms. The number of carbonyl (C=O) groups excluding carboxylic acids is 1. The summed E-state index contributed by atoms with van der Waals surface area (Å²) in [7, 11) is 3.56. The van der Waals surface area contributed by atoms with Crippen LogP contribution in [-0.2, 0) is 13.5 Å². The Hall–Kier alpha value is -2.50. The molecule has 0 aliphatic heterocycles. The third kappa shape index (κ3) is 3.09. The highest BCUT2D eigenvalue weighted by molar-refractivity contribution is 6.00. The lowest BCUT2D eigenvalue weighted by Crippen LogP contribution is -2.20. The number of nitrogen functional groups attached to an aromatic ring is 1. The molecule has 0 atom stereocenters. The molecular formula is C14H19N5O. The predicted octanol–water partition coefficient (Wildman–Crippen LogP) is 1.02. The maximum Gasteiger partial charge on any atom is 0.253 e. The normalized spacial score (nSPS) is 10.3. The Labute approximate surface area is 118 Å². The highest BCUT2D eigenvalue weighted by atomic mass is 16.1. The molecule has 0 saturated heterocycles. The van der Waals surface area contributed by atoms with Gasteiger partial charge in [-0.3, -0.25) is 4.79 Å². The first-order chi connectivity index (χ1) is 9.61. The van der Waals surface area contributed by atoms with Crippen molar-refractivity contribution in [1.82, 2.24) is 14.9 Å². The largest absolute Gasteiger partial charge is 0.399 e. The second-order valence-electron chi connectivity index (χ2n) is 4.52. The van der Waals surface area contributed by atoms with Crippen LogP contribution in [0.4, 0.5) is 11.4 Å². The standard InChI is InChI=1S/C14H19N5O/c1-16-14(20)11-4-3-10(15)9-12(11)17-6-5-13-18-7-8-19(13)2/h3-4,7-9,17H,5-6,15H2,1-2H3,(H,16,20). The van der Waals surface area contributed by atoms with Gasteiger partial charge in [0.1, 0.15) is 5.82 Å². The van der Waals surface area contributed by atoms with E-state index in [2.05, 4.69) is 15.6 Å². The number of benzene rings is 1. The summed E-state index contributed by atoms with van der Waals surface area (Å²) in [6.45, 7) is 0.679. The van der Waals surface area contributed by atoms with Crippen molar-refractivity contribution in [3.05, 3.63) is 42.0 Å². The molecule has 0 spiro atoms. The Bertz CT molecular complexity index is 605. The molecule has 1 aromatic carbocycles. The average molecular weight is 273 g/mol. The summed E-state index contributed by atoms with van der Waals surface area (Å²) in [5, 5.41) is 5.86. The molecule has 1 amide bonds. The average Bonchev–Trinajstić information content (AvgIpc) is 2.84. The van der Waals surface area contributed by atoms with Gasteiger partial charge in [-0.2, -0.15) is 0 Å². The molecule has 0 bridgehead atoms. The third-order valence-electron chi connectivity index (χ3n) is 3.10. The van der Waals surface area contributed by atoms with Gasteiger partial charge in [-0.05, 0) is 18.2 Å². The fourth-order valence-corrected chi connectivity index (χ4v) is 1.99. The van der Waals surface area contributed by atoms with Crippen LogP contribution < -0.4 is 16.4 Å². The van der Waals surface area contributed by atoms with Gasteiger partial charge in [-0.15, -0.1) is 0 Å². The number of aromatic nitrogens is 2. The Morgan fingerprint density at radius 1 is 1.45 bits per heavy atom. The lowest BCUT2D eigenvalue weighted by atomic mass is 10.1. The van der Waals surface area contributed by atoms with Crippen molar-refractivity contribution < 1.29 is 4.79 Å². The molecule has 0 saturated carbocycles. The SMILES string of the molecule is CNC(=O)c1ccc(N)cc1NCCc1nccn1C. The Kier molecular flexibility index (Phi) is 4.24. The minimum Gasteiger partial charge on any atom is -0.399 e. The van der Waals surface area contributed by atoms with E-state index in [1.807, 2.05) is 17.8 Å². The molecule has 1 heterocycles. The lowest BCUT2D eigenvalue weighted by Gasteiger charge is -2.12. The zero-order valence-corrected chi connectivity index (χ0v) is 11.7. The van der Waals surface area contributed by atoms with Crippen molar-refractivity contribution in [2.24, 2.45) is 7.05 Å². The van der Waals surface area contributed by atoms with Crippen molar-refractivity contribution in [1.29, 1.82) is 0 Å². The second kappa shape index (κ2) is 6.10. The van der Waals surface area contributed by atoms with E-state index in [1.54, 1.807) is 31.4 Å². The van der Waals surface area contributed by atoms with Gasteiger partial charge >= 0.3 is 0 Å². The first-order valence-electron chi connectivity index (χ1n) is 6.43. The fraction of sp³-hybridized carbons (Fsp3) is 0.286. The minimum atomic E-state index is -0.135. The van der Waals surface area contributed by atoms with Crippen LogP contribution in [0, 0.1) is 0 Å². The molecule has 106 valence electrons. The molecular weight excluding hydrogens is 254 g/mol. The van der Waals surface area contributed by atoms with Gasteiger partial charge in [0.05, 0.1) is 5.56 Å². The van der Waals surface area contributed by atoms with E-state index >= 15 is 0 Å². The zero-order valence-electron chi connectivity index (χ0n) is 11.7. The number of nitrogens with zero attached hydrogens (tertiary/aromatic N) is 2. The van der Waals surface area contributed by atoms with E-state index < -0.39 is 0 Å². The van der Waals surface area contributed by atoms with E-state index in [0.717, 1.165) is 17.9 Å². The summed E-state index contributed by atoms with van der Waals surface area (Å²) in [5.41, 5.74) is 7.71. The Balaban J connectivity index is 2.06. The minimum absolute atomic E-state index is 0.135. The number of carbonyl (C=O) groups is 1. The van der Waals surface area contributed by atoms with Crippen molar-refractivity contribution in [3.8, 4) is 0 Å². The Morgan fingerprint density at radius 3 is 2.90 bits per heavy atom. The molecule has 0 fully saturated rings. The molecule has 2 rings (SSSR count). The number of aryl methyl sites for hydroxylation is 1. The summed E-state index contributed by atoms with van der Waals surface area (Å²) < 4.78 is 1.97. The number of hydrogen-bond donors (Lipinski definition) is 3. The van der Waals surface area contributed by atoms with Crippen molar-refractivity contribution in [3.63, 3.8) is 0 Å². The van der Waals surface area contributed by atoms with Crippen LogP contribution in [0.1, 0.15) is 16.2 Å². The van der Waals surface area contributed by atoms with Gasteiger partial charge in [-0.25, -0.2) is 4.98 Å². The molecule has 4 N–H and O–H groups in total. The predicted molar refractivity (Wildman–Crippen MR) is 79.6 cm³/mol. The van der Waals surface area contributed by atoms with Crippen molar-refractivity contribution in [2.45, 2.75) is 6.42 Å². The van der Waals surface area contributed by atoms with Crippen LogP contribution in [0.5, 0.6) is 0 Å². The van der Waals surface area contributed by atoms with Gasteiger partial charge < -0.3 is 20.9 Å². The van der Waals surface area contributed by atoms with Crippen LogP contribution in [0.15, 0.2) is 30.6 Å². The molecule has 0 unspecified atom stereocenters. The van der Waals surface area contributed by atoms with E-state index in [-0.39, 0.29) is 5.91 Å². The van der Waals surface area contributed by atoms with Gasteiger partial charge in [0.15, 0.2) is 0 Å². The molecule has 0 aliphatic rings. The van der Waals surface area contributed by atoms with Gasteiger partial charge in [-0.1, -0.05) is 0 Å². The van der Waals surface area contributed by atoms with Crippen LogP contribution in [0.3, 0.4) is 0 Å². The van der Waals surface area contributed by atoms with Crippen molar-refractivity contribution >= 4 is 17.3 Å². The molecule has 0 aliphatic carbocycles. The number of rotatable bonds is 5. The van der Waals surface area contributed by atoms with Crippen LogP contribution in [0.25, 0.3) is 0 Å². The summed E-state index contributed by atoms with van der Waals surface area (Å²) in [4.78, 5) is 16.0. The number of anilines is 2. The molecule has 1 aromatic heterocycles. The number of amides is 1. The Morgan fingerprint density at radius 2 is 2.25 bits per heavy atom. The van der Waals surface area contributed by atoms with E-state index in [9.17, 15) is 4.79 Å². The van der Waals surface area contributed by atoms with Crippen LogP contribution >= 0.6 is 0 Å².